The van der Waals surface area contributed by atoms with Crippen LogP contribution < -0.4 is 19.9 Å². The van der Waals surface area contributed by atoms with Gasteiger partial charge in [-0.2, -0.15) is 13.2 Å². The van der Waals surface area contributed by atoms with Crippen molar-refractivity contribution >= 4 is 17.6 Å². The van der Waals surface area contributed by atoms with Crippen LogP contribution in [0.5, 0.6) is 17.2 Å². The quantitative estimate of drug-likeness (QED) is 0.793. The van der Waals surface area contributed by atoms with E-state index in [0.717, 1.165) is 18.2 Å². The molecule has 0 unspecified atom stereocenters. The number of carboxylic acids is 1. The number of carboxylic acid groups (broad SMARTS) is 1. The van der Waals surface area contributed by atoms with Crippen molar-refractivity contribution in [3.8, 4) is 17.2 Å². The maximum Gasteiger partial charge on any atom is 0.418 e. The van der Waals surface area contributed by atoms with E-state index in [1.807, 2.05) is 0 Å². The number of hydrogen-bond donors (Lipinski definition) is 1. The summed E-state index contributed by atoms with van der Waals surface area (Å²) >= 11 is 0. The lowest BCUT2D eigenvalue weighted by molar-refractivity contribution is -0.316. The molecule has 6 nitrogen and oxygen atoms in total. The normalized spacial score (nSPS) is 18.5. The van der Waals surface area contributed by atoms with E-state index in [4.69, 9.17) is 9.47 Å². The lowest BCUT2D eigenvalue weighted by Crippen LogP contribution is -2.46. The monoisotopic (exact) mass is 408 g/mol. The van der Waals surface area contributed by atoms with Crippen molar-refractivity contribution in [2.24, 2.45) is 11.8 Å². The minimum atomic E-state index is -4.71. The van der Waals surface area contributed by atoms with Crippen LogP contribution in [0, 0.1) is 11.8 Å². The van der Waals surface area contributed by atoms with Crippen LogP contribution in [0.4, 0.5) is 18.9 Å². The maximum atomic E-state index is 13.3. The molecule has 1 amide bonds. The molecule has 1 aliphatic carbocycles. The molecule has 1 saturated carbocycles. The summed E-state index contributed by atoms with van der Waals surface area (Å²) in [5, 5.41) is 13.2. The highest BCUT2D eigenvalue weighted by Gasteiger charge is 2.39. The molecule has 154 valence electrons. The third kappa shape index (κ3) is 4.61. The summed E-state index contributed by atoms with van der Waals surface area (Å²) in [6.07, 6.45) is -4.18. The Morgan fingerprint density at radius 3 is 2.10 bits per heavy atom. The molecule has 0 aliphatic heterocycles. The van der Waals surface area contributed by atoms with E-state index in [1.54, 1.807) is 24.3 Å². The van der Waals surface area contributed by atoms with Crippen LogP contribution in [-0.2, 0) is 15.8 Å². The zero-order valence-electron chi connectivity index (χ0n) is 15.3. The summed E-state index contributed by atoms with van der Waals surface area (Å²) in [5.74, 6) is -3.08. The molecule has 2 atom stereocenters. The van der Waals surface area contributed by atoms with Gasteiger partial charge in [0.1, 0.15) is 17.2 Å². The lowest BCUT2D eigenvalue weighted by atomic mass is 9.73. The van der Waals surface area contributed by atoms with Crippen molar-refractivity contribution in [1.29, 1.82) is 0 Å². The van der Waals surface area contributed by atoms with Gasteiger partial charge in [-0.05, 0) is 49.2 Å². The number of alkyl halides is 3. The molecule has 1 fully saturated rings. The summed E-state index contributed by atoms with van der Waals surface area (Å²) in [6, 6.07) is 9.39. The molecule has 0 bridgehead atoms. The molecule has 0 radical (unpaired) electrons. The van der Waals surface area contributed by atoms with E-state index in [0.29, 0.717) is 11.5 Å². The van der Waals surface area contributed by atoms with E-state index < -0.39 is 41.1 Å². The minimum Gasteiger partial charge on any atom is -0.550 e. The Labute approximate surface area is 164 Å². The van der Waals surface area contributed by atoms with E-state index >= 15 is 0 Å². The van der Waals surface area contributed by atoms with Crippen molar-refractivity contribution in [1.82, 2.24) is 0 Å². The van der Waals surface area contributed by atoms with E-state index in [2.05, 4.69) is 5.32 Å². The van der Waals surface area contributed by atoms with Crippen molar-refractivity contribution in [2.45, 2.75) is 19.0 Å². The molecule has 2 aromatic rings. The van der Waals surface area contributed by atoms with Gasteiger partial charge in [-0.3, -0.25) is 4.79 Å². The van der Waals surface area contributed by atoms with Gasteiger partial charge in [-0.25, -0.2) is 0 Å². The van der Waals surface area contributed by atoms with E-state index in [-0.39, 0.29) is 18.6 Å². The van der Waals surface area contributed by atoms with Crippen LogP contribution in [0.3, 0.4) is 0 Å². The minimum absolute atomic E-state index is 0.0727. The first-order valence-corrected chi connectivity index (χ1v) is 8.74. The number of aliphatic carboxylic acids is 1. The molecule has 1 N–H and O–H groups in total. The third-order valence-corrected chi connectivity index (χ3v) is 4.76. The average Bonchev–Trinajstić information content (AvgIpc) is 2.60. The van der Waals surface area contributed by atoms with Gasteiger partial charge in [0.25, 0.3) is 0 Å². The van der Waals surface area contributed by atoms with Gasteiger partial charge in [0.2, 0.25) is 5.91 Å². The lowest BCUT2D eigenvalue weighted by Gasteiger charge is -2.36. The second-order valence-electron chi connectivity index (χ2n) is 6.58. The number of anilines is 1. The zero-order chi connectivity index (χ0) is 21.2. The third-order valence-electron chi connectivity index (χ3n) is 4.76. The van der Waals surface area contributed by atoms with E-state index in [1.165, 1.54) is 7.11 Å². The smallest absolute Gasteiger partial charge is 0.418 e. The number of benzene rings is 2. The second kappa shape index (κ2) is 8.02. The van der Waals surface area contributed by atoms with Crippen LogP contribution in [0.15, 0.2) is 42.5 Å². The summed E-state index contributed by atoms with van der Waals surface area (Å²) < 4.78 is 50.6. The van der Waals surface area contributed by atoms with Crippen LogP contribution in [0.1, 0.15) is 18.4 Å². The first-order valence-electron chi connectivity index (χ1n) is 8.74. The first-order chi connectivity index (χ1) is 13.7. The number of amides is 1. The number of halogens is 3. The van der Waals surface area contributed by atoms with Crippen LogP contribution in [0.25, 0.3) is 0 Å². The van der Waals surface area contributed by atoms with Crippen molar-refractivity contribution in [2.75, 3.05) is 12.4 Å². The molecule has 29 heavy (non-hydrogen) atoms. The number of methoxy groups -OCH3 is 1. The molecule has 1 aliphatic rings. The van der Waals surface area contributed by atoms with Crippen molar-refractivity contribution < 1.29 is 37.3 Å². The molecular weight excluding hydrogens is 391 g/mol. The Bertz CT molecular complexity index is 911. The van der Waals surface area contributed by atoms with Gasteiger partial charge >= 0.3 is 6.18 Å². The highest BCUT2D eigenvalue weighted by atomic mass is 19.4. The molecule has 0 heterocycles. The number of carbonyl (C=O) groups excluding carboxylic acids is 2. The second-order valence-corrected chi connectivity index (χ2v) is 6.58. The summed E-state index contributed by atoms with van der Waals surface area (Å²) in [4.78, 5) is 23.3. The topological polar surface area (TPSA) is 87.7 Å². The Morgan fingerprint density at radius 1 is 1.00 bits per heavy atom. The number of nitrogens with one attached hydrogen (secondary N) is 1. The number of carbonyl (C=O) groups is 2. The average molecular weight is 408 g/mol. The number of hydrogen-bond acceptors (Lipinski definition) is 5. The Morgan fingerprint density at radius 2 is 1.59 bits per heavy atom. The van der Waals surface area contributed by atoms with Gasteiger partial charge in [0.15, 0.2) is 0 Å². The Hall–Kier alpha value is -3.23. The van der Waals surface area contributed by atoms with Gasteiger partial charge in [-0.15, -0.1) is 0 Å². The van der Waals surface area contributed by atoms with Crippen LogP contribution in [0.2, 0.25) is 0 Å². The van der Waals surface area contributed by atoms with Crippen molar-refractivity contribution in [3.05, 3.63) is 48.0 Å². The maximum absolute atomic E-state index is 13.3. The molecule has 0 saturated heterocycles. The van der Waals surface area contributed by atoms with Crippen molar-refractivity contribution in [3.63, 3.8) is 0 Å². The fourth-order valence-electron chi connectivity index (χ4n) is 3.04. The Kier molecular flexibility index (Phi) is 5.67. The van der Waals surface area contributed by atoms with Gasteiger partial charge in [-0.1, -0.05) is 0 Å². The first kappa shape index (κ1) is 20.5. The highest BCUT2D eigenvalue weighted by molar-refractivity contribution is 5.96. The Balaban J connectivity index is 1.83. The SMILES string of the molecule is COc1ccc(Oc2ccc(C(F)(F)F)c(NC(=O)[C@H]3CC[C@H]3C(=O)[O-])c2)cc1. The van der Waals surface area contributed by atoms with Gasteiger partial charge in [0, 0.05) is 23.9 Å². The fraction of sp³-hybridized carbons (Fsp3) is 0.300. The van der Waals surface area contributed by atoms with Crippen LogP contribution in [-0.4, -0.2) is 19.0 Å². The van der Waals surface area contributed by atoms with Gasteiger partial charge in [0.05, 0.1) is 18.4 Å². The molecule has 2 aromatic carbocycles. The van der Waals surface area contributed by atoms with E-state index in [9.17, 15) is 27.9 Å². The van der Waals surface area contributed by atoms with Crippen LogP contribution >= 0.6 is 0 Å². The molecule has 9 heteroatoms. The predicted molar refractivity (Wildman–Crippen MR) is 94.4 cm³/mol. The number of ether oxygens (including phenoxy) is 2. The fourth-order valence-corrected chi connectivity index (χ4v) is 3.04. The zero-order valence-corrected chi connectivity index (χ0v) is 15.3. The standard InChI is InChI=1S/C20H18F3NO5/c1-28-11-2-4-12(5-3-11)29-13-6-9-16(20(21,22)23)17(10-13)24-18(25)14-7-8-15(14)19(26)27/h2-6,9-10,14-15H,7-8H2,1H3,(H,24,25)(H,26,27)/p-1/t14-,15+/m0/s1. The summed E-state index contributed by atoms with van der Waals surface area (Å²) in [6.45, 7) is 0. The number of rotatable bonds is 6. The molecular formula is C20H17F3NO5-. The summed E-state index contributed by atoms with van der Waals surface area (Å²) in [5.41, 5.74) is -1.56. The largest absolute Gasteiger partial charge is 0.550 e. The molecule has 3 rings (SSSR count). The molecule has 0 aromatic heterocycles. The molecule has 0 spiro atoms. The highest BCUT2D eigenvalue weighted by Crippen LogP contribution is 2.40. The van der Waals surface area contributed by atoms with Gasteiger partial charge < -0.3 is 24.7 Å². The summed E-state index contributed by atoms with van der Waals surface area (Å²) in [7, 11) is 1.49. The predicted octanol–water partition coefficient (Wildman–Crippen LogP) is 3.22.